The highest BCUT2D eigenvalue weighted by atomic mass is 19.1. The van der Waals surface area contributed by atoms with Crippen molar-refractivity contribution in [3.63, 3.8) is 0 Å². The Labute approximate surface area is 189 Å². The topological polar surface area (TPSA) is 78.0 Å². The Bertz CT molecular complexity index is 1210. The first kappa shape index (κ1) is 21.9. The van der Waals surface area contributed by atoms with Gasteiger partial charge in [0.25, 0.3) is 11.8 Å². The van der Waals surface area contributed by atoms with Crippen LogP contribution in [0.4, 0.5) is 15.8 Å². The van der Waals surface area contributed by atoms with Crippen molar-refractivity contribution < 1.29 is 23.6 Å². The van der Waals surface area contributed by atoms with Crippen LogP contribution in [0.15, 0.2) is 78.9 Å². The first-order valence-electron chi connectivity index (χ1n) is 10.2. The minimum Gasteiger partial charge on any atom is -0.311 e. The summed E-state index contributed by atoms with van der Waals surface area (Å²) >= 11 is 0. The molecule has 0 aromatic heterocycles. The minimum atomic E-state index is -0.619. The van der Waals surface area contributed by atoms with E-state index in [4.69, 9.17) is 0 Å². The van der Waals surface area contributed by atoms with E-state index in [1.54, 1.807) is 48.5 Å². The van der Waals surface area contributed by atoms with Gasteiger partial charge in [0.15, 0.2) is 0 Å². The van der Waals surface area contributed by atoms with Gasteiger partial charge in [0.2, 0.25) is 11.8 Å². The number of carbonyl (C=O) groups excluding carboxylic acids is 4. The second kappa shape index (κ2) is 9.04. The van der Waals surface area contributed by atoms with Crippen LogP contribution in [0.1, 0.15) is 20.7 Å². The summed E-state index contributed by atoms with van der Waals surface area (Å²) in [5.74, 6) is -2.86. The normalized spacial score (nSPS) is 12.5. The number of likely N-dealkylation sites (N-methyl/N-ethyl adjacent to an activating group) is 1. The van der Waals surface area contributed by atoms with E-state index in [0.717, 1.165) is 9.80 Å². The van der Waals surface area contributed by atoms with Gasteiger partial charge >= 0.3 is 0 Å². The molecule has 1 heterocycles. The van der Waals surface area contributed by atoms with E-state index in [2.05, 4.69) is 0 Å². The Morgan fingerprint density at radius 2 is 1.33 bits per heavy atom. The third kappa shape index (κ3) is 4.23. The second-order valence-electron chi connectivity index (χ2n) is 7.46. The predicted molar refractivity (Wildman–Crippen MR) is 120 cm³/mol. The van der Waals surface area contributed by atoms with E-state index in [1.165, 1.54) is 42.3 Å². The maximum absolute atomic E-state index is 14.1. The molecular formula is C25H20FN3O4. The van der Waals surface area contributed by atoms with Crippen LogP contribution in [0.3, 0.4) is 0 Å². The van der Waals surface area contributed by atoms with Crippen molar-refractivity contribution in [2.45, 2.75) is 0 Å². The summed E-state index contributed by atoms with van der Waals surface area (Å²) in [6, 6.07) is 20.6. The molecule has 166 valence electrons. The lowest BCUT2D eigenvalue weighted by molar-refractivity contribution is -0.122. The molecule has 33 heavy (non-hydrogen) atoms. The first-order valence-corrected chi connectivity index (χ1v) is 10.2. The lowest BCUT2D eigenvalue weighted by Gasteiger charge is -2.27. The molecule has 0 radical (unpaired) electrons. The van der Waals surface area contributed by atoms with Crippen LogP contribution in [-0.4, -0.2) is 48.7 Å². The molecule has 0 aliphatic carbocycles. The molecule has 0 spiro atoms. The number of fused-ring (bicyclic) bond motifs is 1. The molecule has 7 nitrogen and oxygen atoms in total. The molecule has 0 bridgehead atoms. The van der Waals surface area contributed by atoms with Crippen molar-refractivity contribution in [2.24, 2.45) is 0 Å². The van der Waals surface area contributed by atoms with Crippen LogP contribution in [0.25, 0.3) is 0 Å². The standard InChI is InChI=1S/C25H20FN3O4/c1-27(21-14-8-7-13-20(21)26)22(30)15-28(17-9-3-2-4-10-17)23(31)16-29-24(32)18-11-5-6-12-19(18)25(29)33/h2-14H,15-16H2,1H3. The van der Waals surface area contributed by atoms with Crippen molar-refractivity contribution in [1.82, 2.24) is 4.90 Å². The average molecular weight is 445 g/mol. The molecule has 0 atom stereocenters. The Hall–Kier alpha value is -4.33. The summed E-state index contributed by atoms with van der Waals surface area (Å²) in [6.45, 7) is -0.936. The molecule has 3 aromatic carbocycles. The lowest BCUT2D eigenvalue weighted by atomic mass is 10.1. The molecule has 0 unspecified atom stereocenters. The number of hydrogen-bond donors (Lipinski definition) is 0. The van der Waals surface area contributed by atoms with Gasteiger partial charge in [-0.05, 0) is 36.4 Å². The summed E-state index contributed by atoms with van der Waals surface area (Å²) in [6.07, 6.45) is 0. The molecule has 4 amide bonds. The van der Waals surface area contributed by atoms with Gasteiger partial charge in [-0.15, -0.1) is 0 Å². The second-order valence-corrected chi connectivity index (χ2v) is 7.46. The SMILES string of the molecule is CN(C(=O)CN(C(=O)CN1C(=O)c2ccccc2C1=O)c1ccccc1)c1ccccc1F. The van der Waals surface area contributed by atoms with Crippen molar-refractivity contribution >= 4 is 35.0 Å². The predicted octanol–water partition coefficient (Wildman–Crippen LogP) is 3.12. The summed E-state index contributed by atoms with van der Waals surface area (Å²) < 4.78 is 14.1. The maximum Gasteiger partial charge on any atom is 0.262 e. The van der Waals surface area contributed by atoms with Crippen LogP contribution in [0, 0.1) is 5.82 Å². The van der Waals surface area contributed by atoms with E-state index < -0.39 is 42.5 Å². The fraction of sp³-hybridized carbons (Fsp3) is 0.120. The van der Waals surface area contributed by atoms with Crippen LogP contribution >= 0.6 is 0 Å². The number of carbonyl (C=O) groups is 4. The molecule has 0 saturated carbocycles. The quantitative estimate of drug-likeness (QED) is 0.547. The number of para-hydroxylation sites is 2. The zero-order chi connectivity index (χ0) is 23.5. The number of nitrogens with zero attached hydrogens (tertiary/aromatic N) is 3. The van der Waals surface area contributed by atoms with E-state index in [-0.39, 0.29) is 16.8 Å². The highest BCUT2D eigenvalue weighted by Gasteiger charge is 2.37. The highest BCUT2D eigenvalue weighted by Crippen LogP contribution is 2.24. The maximum atomic E-state index is 14.1. The molecule has 0 saturated heterocycles. The Balaban J connectivity index is 1.57. The Morgan fingerprint density at radius 1 is 0.788 bits per heavy atom. The van der Waals surface area contributed by atoms with Crippen molar-refractivity contribution in [3.05, 3.63) is 95.8 Å². The van der Waals surface area contributed by atoms with Crippen molar-refractivity contribution in [3.8, 4) is 0 Å². The van der Waals surface area contributed by atoms with Gasteiger partial charge in [-0.25, -0.2) is 4.39 Å². The number of rotatable bonds is 6. The molecule has 0 fully saturated rings. The van der Waals surface area contributed by atoms with Crippen molar-refractivity contribution in [2.75, 3.05) is 29.9 Å². The lowest BCUT2D eigenvalue weighted by Crippen LogP contribution is -2.47. The molecule has 3 aromatic rings. The number of imide groups is 1. The fourth-order valence-electron chi connectivity index (χ4n) is 3.63. The van der Waals surface area contributed by atoms with Gasteiger partial charge in [0.05, 0.1) is 16.8 Å². The monoisotopic (exact) mass is 445 g/mol. The zero-order valence-electron chi connectivity index (χ0n) is 17.8. The van der Waals surface area contributed by atoms with E-state index in [0.29, 0.717) is 5.69 Å². The van der Waals surface area contributed by atoms with Crippen LogP contribution < -0.4 is 9.80 Å². The summed E-state index contributed by atoms with van der Waals surface area (Å²) in [5, 5.41) is 0. The Kier molecular flexibility index (Phi) is 5.99. The minimum absolute atomic E-state index is 0.0725. The number of amides is 4. The molecule has 4 rings (SSSR count). The number of hydrogen-bond acceptors (Lipinski definition) is 4. The highest BCUT2D eigenvalue weighted by molar-refractivity contribution is 6.23. The van der Waals surface area contributed by atoms with E-state index in [9.17, 15) is 23.6 Å². The van der Waals surface area contributed by atoms with Gasteiger partial charge in [-0.2, -0.15) is 0 Å². The fourth-order valence-corrected chi connectivity index (χ4v) is 3.63. The third-order valence-electron chi connectivity index (χ3n) is 5.42. The van der Waals surface area contributed by atoms with Gasteiger partial charge < -0.3 is 9.80 Å². The van der Waals surface area contributed by atoms with Crippen LogP contribution in [0.5, 0.6) is 0 Å². The molecule has 0 N–H and O–H groups in total. The van der Waals surface area contributed by atoms with Crippen molar-refractivity contribution in [1.29, 1.82) is 0 Å². The van der Waals surface area contributed by atoms with Gasteiger partial charge in [-0.3, -0.25) is 24.1 Å². The largest absolute Gasteiger partial charge is 0.311 e. The van der Waals surface area contributed by atoms with Crippen LogP contribution in [0.2, 0.25) is 0 Å². The summed E-state index contributed by atoms with van der Waals surface area (Å²) in [5.41, 5.74) is 0.951. The van der Waals surface area contributed by atoms with Gasteiger partial charge in [0, 0.05) is 12.7 Å². The first-order chi connectivity index (χ1) is 15.9. The van der Waals surface area contributed by atoms with E-state index >= 15 is 0 Å². The smallest absolute Gasteiger partial charge is 0.262 e. The van der Waals surface area contributed by atoms with E-state index in [1.807, 2.05) is 0 Å². The Morgan fingerprint density at radius 3 is 1.94 bits per heavy atom. The van der Waals surface area contributed by atoms with Crippen LogP contribution in [-0.2, 0) is 9.59 Å². The number of halogens is 1. The summed E-state index contributed by atoms with van der Waals surface area (Å²) in [4.78, 5) is 54.7. The molecule has 8 heteroatoms. The van der Waals surface area contributed by atoms with Gasteiger partial charge in [0.1, 0.15) is 18.9 Å². The molecular weight excluding hydrogens is 425 g/mol. The number of anilines is 2. The third-order valence-corrected chi connectivity index (χ3v) is 5.42. The van der Waals surface area contributed by atoms with Gasteiger partial charge in [-0.1, -0.05) is 42.5 Å². The zero-order valence-corrected chi connectivity index (χ0v) is 17.8. The molecule has 1 aliphatic rings. The summed E-state index contributed by atoms with van der Waals surface area (Å²) in [7, 11) is 1.42. The number of benzene rings is 3. The average Bonchev–Trinajstić information content (AvgIpc) is 3.07. The molecule has 1 aliphatic heterocycles.